The maximum Gasteiger partial charge on any atom is 0.260 e. The molecule has 2 aromatic carbocycles. The molecule has 0 saturated carbocycles. The van der Waals surface area contributed by atoms with Gasteiger partial charge in [0.1, 0.15) is 5.75 Å². The van der Waals surface area contributed by atoms with Crippen molar-refractivity contribution in [1.29, 1.82) is 0 Å². The summed E-state index contributed by atoms with van der Waals surface area (Å²) in [5, 5.41) is 5.45. The van der Waals surface area contributed by atoms with Gasteiger partial charge in [-0.2, -0.15) is 0 Å². The van der Waals surface area contributed by atoms with Crippen molar-refractivity contribution < 1.29 is 19.1 Å². The van der Waals surface area contributed by atoms with Gasteiger partial charge < -0.3 is 20.3 Å². The molecule has 2 N–H and O–H groups in total. The van der Waals surface area contributed by atoms with Gasteiger partial charge in [-0.05, 0) is 38.1 Å². The zero-order chi connectivity index (χ0) is 20.4. The third kappa shape index (κ3) is 6.12. The minimum Gasteiger partial charge on any atom is -0.483 e. The smallest absolute Gasteiger partial charge is 0.260 e. The second kappa shape index (κ2) is 10.7. The van der Waals surface area contributed by atoms with E-state index in [9.17, 15) is 14.4 Å². The highest BCUT2D eigenvalue weighted by molar-refractivity contribution is 6.06. The second-order valence-electron chi connectivity index (χ2n) is 5.97. The SMILES string of the molecule is CCNC(=O)CN(CC)C(=O)COc1ccccc1C(=O)Nc1ccccc1. The number of rotatable bonds is 9. The van der Waals surface area contributed by atoms with E-state index >= 15 is 0 Å². The van der Waals surface area contributed by atoms with Crippen LogP contribution in [-0.2, 0) is 9.59 Å². The maximum atomic E-state index is 12.5. The lowest BCUT2D eigenvalue weighted by atomic mass is 10.2. The molecule has 0 heterocycles. The average Bonchev–Trinajstić information content (AvgIpc) is 2.71. The molecule has 0 aliphatic rings. The Bertz CT molecular complexity index is 808. The molecule has 3 amide bonds. The number of nitrogens with zero attached hydrogens (tertiary/aromatic N) is 1. The number of carbonyl (C=O) groups is 3. The molecule has 0 saturated heterocycles. The van der Waals surface area contributed by atoms with Crippen LogP contribution in [0.2, 0.25) is 0 Å². The molecule has 148 valence electrons. The summed E-state index contributed by atoms with van der Waals surface area (Å²) >= 11 is 0. The van der Waals surface area contributed by atoms with E-state index in [1.807, 2.05) is 25.1 Å². The van der Waals surface area contributed by atoms with Crippen LogP contribution in [0.1, 0.15) is 24.2 Å². The minimum atomic E-state index is -0.330. The number of likely N-dealkylation sites (N-methyl/N-ethyl adjacent to an activating group) is 2. The Morgan fingerprint density at radius 3 is 2.32 bits per heavy atom. The summed E-state index contributed by atoms with van der Waals surface area (Å²) in [6, 6.07) is 15.8. The van der Waals surface area contributed by atoms with Gasteiger partial charge in [-0.3, -0.25) is 14.4 Å². The van der Waals surface area contributed by atoms with E-state index in [0.29, 0.717) is 30.1 Å². The molecule has 7 heteroatoms. The summed E-state index contributed by atoms with van der Waals surface area (Å²) in [5.74, 6) is -0.574. The van der Waals surface area contributed by atoms with Gasteiger partial charge in [0.2, 0.25) is 5.91 Å². The van der Waals surface area contributed by atoms with Crippen LogP contribution in [-0.4, -0.2) is 48.9 Å². The van der Waals surface area contributed by atoms with Crippen LogP contribution in [0.3, 0.4) is 0 Å². The quantitative estimate of drug-likeness (QED) is 0.696. The Kier molecular flexibility index (Phi) is 8.02. The molecule has 0 spiro atoms. The summed E-state index contributed by atoms with van der Waals surface area (Å²) in [7, 11) is 0. The number of hydrogen-bond acceptors (Lipinski definition) is 4. The Morgan fingerprint density at radius 1 is 0.964 bits per heavy atom. The van der Waals surface area contributed by atoms with Gasteiger partial charge in [0.05, 0.1) is 12.1 Å². The van der Waals surface area contributed by atoms with E-state index in [-0.39, 0.29) is 30.9 Å². The monoisotopic (exact) mass is 383 g/mol. The largest absolute Gasteiger partial charge is 0.483 e. The molecule has 0 bridgehead atoms. The molecule has 0 aromatic heterocycles. The normalized spacial score (nSPS) is 10.1. The summed E-state index contributed by atoms with van der Waals surface area (Å²) in [5.41, 5.74) is 0.989. The highest BCUT2D eigenvalue weighted by atomic mass is 16.5. The Balaban J connectivity index is 2.01. The third-order valence-corrected chi connectivity index (χ3v) is 3.96. The van der Waals surface area contributed by atoms with Crippen LogP contribution in [0.15, 0.2) is 54.6 Å². The molecule has 0 unspecified atom stereocenters. The fourth-order valence-corrected chi connectivity index (χ4v) is 2.53. The average molecular weight is 383 g/mol. The molecule has 0 aliphatic carbocycles. The van der Waals surface area contributed by atoms with Crippen molar-refractivity contribution in [3.63, 3.8) is 0 Å². The predicted octanol–water partition coefficient (Wildman–Crippen LogP) is 2.30. The van der Waals surface area contributed by atoms with Gasteiger partial charge in [0, 0.05) is 18.8 Å². The van der Waals surface area contributed by atoms with Crippen LogP contribution in [0, 0.1) is 0 Å². The third-order valence-electron chi connectivity index (χ3n) is 3.96. The summed E-state index contributed by atoms with van der Waals surface area (Å²) in [6.07, 6.45) is 0. The summed E-state index contributed by atoms with van der Waals surface area (Å²) < 4.78 is 5.60. The molecule has 2 rings (SSSR count). The molecule has 7 nitrogen and oxygen atoms in total. The van der Waals surface area contributed by atoms with Crippen LogP contribution < -0.4 is 15.4 Å². The van der Waals surface area contributed by atoms with Gasteiger partial charge in [0.25, 0.3) is 11.8 Å². The van der Waals surface area contributed by atoms with Crippen molar-refractivity contribution >= 4 is 23.4 Å². The number of carbonyl (C=O) groups excluding carboxylic acids is 3. The lowest BCUT2D eigenvalue weighted by Crippen LogP contribution is -2.42. The molecule has 2 aromatic rings. The molecule has 0 atom stereocenters. The first kappa shape index (κ1) is 21.0. The van der Waals surface area contributed by atoms with Crippen molar-refractivity contribution in [2.24, 2.45) is 0 Å². The van der Waals surface area contributed by atoms with Gasteiger partial charge in [-0.15, -0.1) is 0 Å². The topological polar surface area (TPSA) is 87.7 Å². The van der Waals surface area contributed by atoms with E-state index in [1.54, 1.807) is 43.3 Å². The predicted molar refractivity (Wildman–Crippen MR) is 107 cm³/mol. The first-order chi connectivity index (χ1) is 13.5. The molecule has 0 radical (unpaired) electrons. The van der Waals surface area contributed by atoms with Crippen LogP contribution >= 0.6 is 0 Å². The number of amides is 3. The number of hydrogen-bond donors (Lipinski definition) is 2. The minimum absolute atomic E-state index is 0.0251. The number of anilines is 1. The number of nitrogens with one attached hydrogen (secondary N) is 2. The fraction of sp³-hybridized carbons (Fsp3) is 0.286. The van der Waals surface area contributed by atoms with Crippen molar-refractivity contribution in [2.75, 3.05) is 31.6 Å². The van der Waals surface area contributed by atoms with Crippen LogP contribution in [0.4, 0.5) is 5.69 Å². The molecular weight excluding hydrogens is 358 g/mol. The number of ether oxygens (including phenoxy) is 1. The van der Waals surface area contributed by atoms with Gasteiger partial charge in [-0.1, -0.05) is 30.3 Å². The molecular formula is C21H25N3O4. The zero-order valence-corrected chi connectivity index (χ0v) is 16.1. The molecule has 0 fully saturated rings. The summed E-state index contributed by atoms with van der Waals surface area (Å²) in [4.78, 5) is 38.0. The second-order valence-corrected chi connectivity index (χ2v) is 5.97. The van der Waals surface area contributed by atoms with E-state index in [0.717, 1.165) is 0 Å². The van der Waals surface area contributed by atoms with Crippen molar-refractivity contribution in [3.8, 4) is 5.75 Å². The van der Waals surface area contributed by atoms with Crippen LogP contribution in [0.25, 0.3) is 0 Å². The Morgan fingerprint density at radius 2 is 1.64 bits per heavy atom. The first-order valence-corrected chi connectivity index (χ1v) is 9.17. The van der Waals surface area contributed by atoms with Gasteiger partial charge >= 0.3 is 0 Å². The van der Waals surface area contributed by atoms with E-state index in [1.165, 1.54) is 4.90 Å². The number of benzene rings is 2. The van der Waals surface area contributed by atoms with Crippen LogP contribution in [0.5, 0.6) is 5.75 Å². The maximum absolute atomic E-state index is 12.5. The zero-order valence-electron chi connectivity index (χ0n) is 16.1. The van der Waals surface area contributed by atoms with Crippen molar-refractivity contribution in [3.05, 3.63) is 60.2 Å². The molecule has 0 aliphatic heterocycles. The fourth-order valence-electron chi connectivity index (χ4n) is 2.53. The van der Waals surface area contributed by atoms with Gasteiger partial charge in [-0.25, -0.2) is 0 Å². The number of para-hydroxylation sites is 2. The Hall–Kier alpha value is -3.35. The highest BCUT2D eigenvalue weighted by Crippen LogP contribution is 2.20. The van der Waals surface area contributed by atoms with E-state index in [2.05, 4.69) is 10.6 Å². The van der Waals surface area contributed by atoms with Crippen molar-refractivity contribution in [1.82, 2.24) is 10.2 Å². The Labute approximate surface area is 164 Å². The summed E-state index contributed by atoms with van der Waals surface area (Å²) in [6.45, 7) is 4.21. The van der Waals surface area contributed by atoms with Gasteiger partial charge in [0.15, 0.2) is 6.61 Å². The molecule has 28 heavy (non-hydrogen) atoms. The van der Waals surface area contributed by atoms with Crippen molar-refractivity contribution in [2.45, 2.75) is 13.8 Å². The lowest BCUT2D eigenvalue weighted by Gasteiger charge is -2.20. The van der Waals surface area contributed by atoms with E-state index in [4.69, 9.17) is 4.74 Å². The highest BCUT2D eigenvalue weighted by Gasteiger charge is 2.18. The van der Waals surface area contributed by atoms with E-state index < -0.39 is 0 Å². The first-order valence-electron chi connectivity index (χ1n) is 9.17. The standard InChI is InChI=1S/C21H25N3O4/c1-3-22-19(25)14-24(4-2)20(26)15-28-18-13-9-8-12-17(18)21(27)23-16-10-6-5-7-11-16/h5-13H,3-4,14-15H2,1-2H3,(H,22,25)(H,23,27). The lowest BCUT2D eigenvalue weighted by molar-refractivity contribution is -0.137.